The van der Waals surface area contributed by atoms with E-state index in [1.54, 1.807) is 29.8 Å². The number of thioether (sulfide) groups is 1. The number of nitrogens with zero attached hydrogens (tertiary/aromatic N) is 5. The van der Waals surface area contributed by atoms with Gasteiger partial charge in [0.05, 0.1) is 17.5 Å². The SMILES string of the molecule is C=CCn1nnnc1SC(C)C(=O)Nc1nc(-c2ccc(F)cc2)cs1. The van der Waals surface area contributed by atoms with Crippen molar-refractivity contribution in [2.75, 3.05) is 5.32 Å². The number of benzene rings is 1. The molecule has 2 aromatic heterocycles. The second kappa shape index (κ2) is 8.19. The average molecular weight is 390 g/mol. The van der Waals surface area contributed by atoms with Gasteiger partial charge >= 0.3 is 0 Å². The van der Waals surface area contributed by atoms with Crippen LogP contribution in [0.25, 0.3) is 11.3 Å². The van der Waals surface area contributed by atoms with Gasteiger partial charge in [-0.15, -0.1) is 23.0 Å². The summed E-state index contributed by atoms with van der Waals surface area (Å²) in [4.78, 5) is 16.8. The number of halogens is 1. The fraction of sp³-hybridized carbons (Fsp3) is 0.188. The Morgan fingerprint density at radius 3 is 2.96 bits per heavy atom. The van der Waals surface area contributed by atoms with Gasteiger partial charge in [0.15, 0.2) is 5.13 Å². The van der Waals surface area contributed by atoms with Gasteiger partial charge in [0.25, 0.3) is 0 Å². The van der Waals surface area contributed by atoms with Gasteiger partial charge in [-0.1, -0.05) is 17.8 Å². The van der Waals surface area contributed by atoms with Crippen LogP contribution in [0.5, 0.6) is 0 Å². The highest BCUT2D eigenvalue weighted by molar-refractivity contribution is 8.00. The fourth-order valence-electron chi connectivity index (χ4n) is 2.02. The van der Waals surface area contributed by atoms with Gasteiger partial charge in [0.1, 0.15) is 5.82 Å². The lowest BCUT2D eigenvalue weighted by Gasteiger charge is -2.09. The number of anilines is 1. The Balaban J connectivity index is 1.63. The zero-order chi connectivity index (χ0) is 18.5. The first-order chi connectivity index (χ1) is 12.6. The Hall–Kier alpha value is -2.59. The molecule has 0 bridgehead atoms. The smallest absolute Gasteiger partial charge is 0.239 e. The fourth-order valence-corrected chi connectivity index (χ4v) is 3.54. The lowest BCUT2D eigenvalue weighted by Crippen LogP contribution is -2.22. The molecule has 0 fully saturated rings. The molecule has 3 aromatic rings. The third-order valence-electron chi connectivity index (χ3n) is 3.33. The molecule has 0 saturated heterocycles. The number of carbonyl (C=O) groups excluding carboxylic acids is 1. The van der Waals surface area contributed by atoms with Crippen LogP contribution in [-0.2, 0) is 11.3 Å². The summed E-state index contributed by atoms with van der Waals surface area (Å²) in [7, 11) is 0. The molecule has 1 aromatic carbocycles. The minimum atomic E-state index is -0.414. The van der Waals surface area contributed by atoms with Crippen LogP contribution in [0.3, 0.4) is 0 Å². The number of amides is 1. The van der Waals surface area contributed by atoms with Gasteiger partial charge in [-0.05, 0) is 41.6 Å². The summed E-state index contributed by atoms with van der Waals surface area (Å²) >= 11 is 2.56. The van der Waals surface area contributed by atoms with Crippen molar-refractivity contribution in [3.8, 4) is 11.3 Å². The molecule has 3 rings (SSSR count). The predicted molar refractivity (Wildman–Crippen MR) is 99.5 cm³/mol. The second-order valence-electron chi connectivity index (χ2n) is 5.23. The van der Waals surface area contributed by atoms with Crippen LogP contribution in [0.15, 0.2) is 47.5 Å². The summed E-state index contributed by atoms with van der Waals surface area (Å²) in [6.07, 6.45) is 1.68. The summed E-state index contributed by atoms with van der Waals surface area (Å²) in [5.41, 5.74) is 1.47. The van der Waals surface area contributed by atoms with E-state index < -0.39 is 5.25 Å². The van der Waals surface area contributed by atoms with Gasteiger partial charge in [0.2, 0.25) is 11.1 Å². The van der Waals surface area contributed by atoms with E-state index in [1.165, 1.54) is 35.2 Å². The molecular formula is C16H15FN6OS2. The highest BCUT2D eigenvalue weighted by Crippen LogP contribution is 2.26. The van der Waals surface area contributed by atoms with E-state index in [0.29, 0.717) is 22.5 Å². The van der Waals surface area contributed by atoms with Crippen LogP contribution in [0.2, 0.25) is 0 Å². The molecule has 0 aliphatic heterocycles. The van der Waals surface area contributed by atoms with Gasteiger partial charge in [0, 0.05) is 10.9 Å². The predicted octanol–water partition coefficient (Wildman–Crippen LogP) is 3.24. The van der Waals surface area contributed by atoms with E-state index in [2.05, 4.69) is 32.4 Å². The summed E-state index contributed by atoms with van der Waals surface area (Å²) < 4.78 is 14.6. The first-order valence-electron chi connectivity index (χ1n) is 7.63. The van der Waals surface area contributed by atoms with Crippen LogP contribution in [-0.4, -0.2) is 36.3 Å². The van der Waals surface area contributed by atoms with Gasteiger partial charge in [-0.2, -0.15) is 0 Å². The van der Waals surface area contributed by atoms with Crippen molar-refractivity contribution in [3.63, 3.8) is 0 Å². The molecule has 2 heterocycles. The van der Waals surface area contributed by atoms with Crippen LogP contribution in [0.4, 0.5) is 9.52 Å². The molecule has 1 N–H and O–H groups in total. The molecule has 0 radical (unpaired) electrons. The quantitative estimate of drug-likeness (QED) is 0.492. The Kier molecular flexibility index (Phi) is 5.74. The van der Waals surface area contributed by atoms with Gasteiger partial charge in [-0.3, -0.25) is 4.79 Å². The molecule has 0 spiro atoms. The van der Waals surface area contributed by atoms with Crippen molar-refractivity contribution < 1.29 is 9.18 Å². The number of nitrogens with one attached hydrogen (secondary N) is 1. The number of aromatic nitrogens is 5. The number of hydrogen-bond acceptors (Lipinski definition) is 7. The van der Waals surface area contributed by atoms with Crippen molar-refractivity contribution in [2.45, 2.75) is 23.9 Å². The van der Waals surface area contributed by atoms with E-state index in [9.17, 15) is 9.18 Å². The molecule has 7 nitrogen and oxygen atoms in total. The topological polar surface area (TPSA) is 85.6 Å². The normalized spacial score (nSPS) is 11.9. The zero-order valence-electron chi connectivity index (χ0n) is 13.8. The van der Waals surface area contributed by atoms with E-state index in [0.717, 1.165) is 5.56 Å². The maximum Gasteiger partial charge on any atom is 0.239 e. The minimum Gasteiger partial charge on any atom is -0.301 e. The Morgan fingerprint density at radius 2 is 2.23 bits per heavy atom. The molecule has 26 heavy (non-hydrogen) atoms. The third-order valence-corrected chi connectivity index (χ3v) is 5.16. The Morgan fingerprint density at radius 1 is 1.46 bits per heavy atom. The summed E-state index contributed by atoms with van der Waals surface area (Å²) in [6, 6.07) is 6.04. The molecule has 0 aliphatic carbocycles. The van der Waals surface area contributed by atoms with Crippen molar-refractivity contribution in [1.82, 2.24) is 25.2 Å². The summed E-state index contributed by atoms with van der Waals surface area (Å²) in [6.45, 7) is 5.88. The number of thiazole rings is 1. The molecule has 0 aliphatic rings. The number of tetrazole rings is 1. The minimum absolute atomic E-state index is 0.205. The van der Waals surface area contributed by atoms with Crippen LogP contribution >= 0.6 is 23.1 Å². The number of rotatable bonds is 7. The first-order valence-corrected chi connectivity index (χ1v) is 9.39. The standard InChI is InChI=1S/C16H15FN6OS2/c1-3-8-23-16(20-21-22-23)26-10(2)14(24)19-15-18-13(9-25-15)11-4-6-12(17)7-5-11/h3-7,9-10H,1,8H2,2H3,(H,18,19,24). The molecular weight excluding hydrogens is 375 g/mol. The van der Waals surface area contributed by atoms with Gasteiger partial charge < -0.3 is 5.32 Å². The van der Waals surface area contributed by atoms with Crippen LogP contribution < -0.4 is 5.32 Å². The molecule has 134 valence electrons. The van der Waals surface area contributed by atoms with Crippen molar-refractivity contribution in [1.29, 1.82) is 0 Å². The van der Waals surface area contributed by atoms with Crippen LogP contribution in [0.1, 0.15) is 6.92 Å². The largest absolute Gasteiger partial charge is 0.301 e. The maximum atomic E-state index is 13.0. The first kappa shape index (κ1) is 18.2. The summed E-state index contributed by atoms with van der Waals surface area (Å²) in [5, 5.41) is 16.6. The maximum absolute atomic E-state index is 13.0. The van der Waals surface area contributed by atoms with Crippen molar-refractivity contribution >= 4 is 34.1 Å². The highest BCUT2D eigenvalue weighted by Gasteiger charge is 2.19. The lowest BCUT2D eigenvalue weighted by molar-refractivity contribution is -0.115. The molecule has 0 saturated carbocycles. The van der Waals surface area contributed by atoms with E-state index >= 15 is 0 Å². The number of carbonyl (C=O) groups is 1. The number of hydrogen-bond donors (Lipinski definition) is 1. The van der Waals surface area contributed by atoms with E-state index in [1.807, 2.05) is 5.38 Å². The van der Waals surface area contributed by atoms with Crippen LogP contribution in [0, 0.1) is 5.82 Å². The zero-order valence-corrected chi connectivity index (χ0v) is 15.4. The monoisotopic (exact) mass is 390 g/mol. The van der Waals surface area contributed by atoms with Gasteiger partial charge in [-0.25, -0.2) is 14.1 Å². The van der Waals surface area contributed by atoms with E-state index in [-0.39, 0.29) is 11.7 Å². The van der Waals surface area contributed by atoms with E-state index in [4.69, 9.17) is 0 Å². The second-order valence-corrected chi connectivity index (χ2v) is 7.39. The Labute approximate surface area is 157 Å². The molecule has 1 unspecified atom stereocenters. The molecule has 1 atom stereocenters. The Bertz CT molecular complexity index is 908. The summed E-state index contributed by atoms with van der Waals surface area (Å²) in [5.74, 6) is -0.509. The average Bonchev–Trinajstić information content (AvgIpc) is 3.26. The third kappa shape index (κ3) is 4.33. The lowest BCUT2D eigenvalue weighted by atomic mass is 10.2. The number of allylic oxidation sites excluding steroid dienone is 1. The highest BCUT2D eigenvalue weighted by atomic mass is 32.2. The van der Waals surface area contributed by atoms with Crippen molar-refractivity contribution in [2.24, 2.45) is 0 Å². The van der Waals surface area contributed by atoms with Crippen molar-refractivity contribution in [3.05, 3.63) is 48.1 Å². The molecule has 10 heteroatoms. The molecule has 1 amide bonds.